The lowest BCUT2D eigenvalue weighted by Crippen LogP contribution is -2.41. The number of aliphatic imine (C=N–C) groups is 1. The van der Waals surface area contributed by atoms with Crippen molar-refractivity contribution in [3.63, 3.8) is 0 Å². The quantitative estimate of drug-likeness (QED) is 0.869. The molecule has 0 fully saturated rings. The van der Waals surface area contributed by atoms with E-state index in [2.05, 4.69) is 4.99 Å². The second-order valence-electron chi connectivity index (χ2n) is 5.22. The van der Waals surface area contributed by atoms with Gasteiger partial charge in [0.25, 0.3) is 5.91 Å². The van der Waals surface area contributed by atoms with Gasteiger partial charge in [-0.15, -0.1) is 0 Å². The van der Waals surface area contributed by atoms with Gasteiger partial charge in [0.1, 0.15) is 5.71 Å². The van der Waals surface area contributed by atoms with E-state index in [0.29, 0.717) is 5.71 Å². The van der Waals surface area contributed by atoms with Crippen LogP contribution in [-0.4, -0.2) is 25.8 Å². The molecule has 0 radical (unpaired) electrons. The van der Waals surface area contributed by atoms with Gasteiger partial charge in [0.2, 0.25) is 5.79 Å². The Labute approximate surface area is 130 Å². The van der Waals surface area contributed by atoms with Crippen LogP contribution in [-0.2, 0) is 20.0 Å². The van der Waals surface area contributed by atoms with E-state index in [1.165, 1.54) is 0 Å². The molecule has 114 valence electrons. The topological polar surface area (TPSA) is 40.0 Å². The first-order valence-electron chi connectivity index (χ1n) is 7.15. The summed E-state index contributed by atoms with van der Waals surface area (Å²) in [5.41, 5.74) is 2.51. The third-order valence-electron chi connectivity index (χ3n) is 3.83. The van der Waals surface area contributed by atoms with Crippen molar-refractivity contribution in [3.05, 3.63) is 71.8 Å². The number of hydrogen-bond donors (Lipinski definition) is 0. The van der Waals surface area contributed by atoms with Gasteiger partial charge in [-0.1, -0.05) is 60.7 Å². The summed E-state index contributed by atoms with van der Waals surface area (Å²) in [4.78, 5) is 4.66. The molecule has 0 unspecified atom stereocenters. The van der Waals surface area contributed by atoms with E-state index < -0.39 is 11.7 Å². The van der Waals surface area contributed by atoms with E-state index in [0.717, 1.165) is 11.1 Å². The molecular formula is C18H19NO3. The highest BCUT2D eigenvalue weighted by Gasteiger charge is 2.52. The summed E-state index contributed by atoms with van der Waals surface area (Å²) in [6.45, 7) is 1.78. The zero-order valence-electron chi connectivity index (χ0n) is 12.9. The zero-order valence-corrected chi connectivity index (χ0v) is 12.9. The van der Waals surface area contributed by atoms with Gasteiger partial charge in [0.05, 0.1) is 0 Å². The predicted molar refractivity (Wildman–Crippen MR) is 84.6 cm³/mol. The Morgan fingerprint density at radius 1 is 0.864 bits per heavy atom. The zero-order chi connectivity index (χ0) is 15.6. The maximum absolute atomic E-state index is 6.14. The first-order chi connectivity index (χ1) is 10.6. The number of methoxy groups -OCH3 is 2. The second-order valence-corrected chi connectivity index (χ2v) is 5.22. The van der Waals surface area contributed by atoms with Gasteiger partial charge >= 0.3 is 0 Å². The molecule has 0 saturated heterocycles. The summed E-state index contributed by atoms with van der Waals surface area (Å²) in [7, 11) is 3.19. The van der Waals surface area contributed by atoms with E-state index >= 15 is 0 Å². The Balaban J connectivity index is 2.19. The molecule has 4 heteroatoms. The molecule has 2 atom stereocenters. The van der Waals surface area contributed by atoms with Crippen molar-refractivity contribution in [2.45, 2.75) is 18.6 Å². The summed E-state index contributed by atoms with van der Waals surface area (Å²) in [6, 6.07) is 19.6. The number of benzene rings is 2. The molecule has 4 nitrogen and oxygen atoms in total. The van der Waals surface area contributed by atoms with Crippen LogP contribution in [0.15, 0.2) is 65.7 Å². The van der Waals surface area contributed by atoms with Gasteiger partial charge < -0.3 is 9.47 Å². The van der Waals surface area contributed by atoms with Crippen LogP contribution < -0.4 is 0 Å². The molecule has 0 aliphatic carbocycles. The molecule has 1 aliphatic heterocycles. The van der Waals surface area contributed by atoms with Gasteiger partial charge in [-0.25, -0.2) is 4.99 Å². The normalized spacial score (nSPS) is 27.7. The van der Waals surface area contributed by atoms with E-state index in [4.69, 9.17) is 14.2 Å². The summed E-state index contributed by atoms with van der Waals surface area (Å²) in [5, 5.41) is 0. The summed E-state index contributed by atoms with van der Waals surface area (Å²) in [6.07, 6.45) is 0. The molecule has 0 saturated carbocycles. The minimum Gasteiger partial charge on any atom is -0.344 e. The number of hydrogen-bond acceptors (Lipinski definition) is 4. The van der Waals surface area contributed by atoms with Gasteiger partial charge in [0, 0.05) is 32.3 Å². The van der Waals surface area contributed by atoms with Gasteiger partial charge in [-0.2, -0.15) is 0 Å². The highest BCUT2D eigenvalue weighted by Crippen LogP contribution is 2.42. The maximum atomic E-state index is 6.14. The van der Waals surface area contributed by atoms with Crippen LogP contribution in [0.25, 0.3) is 0 Å². The molecular weight excluding hydrogens is 278 g/mol. The highest BCUT2D eigenvalue weighted by atomic mass is 16.8. The molecule has 0 amide bonds. The van der Waals surface area contributed by atoms with Crippen molar-refractivity contribution in [2.75, 3.05) is 14.2 Å². The lowest BCUT2D eigenvalue weighted by atomic mass is 9.95. The van der Waals surface area contributed by atoms with Crippen LogP contribution in [0, 0.1) is 0 Å². The van der Waals surface area contributed by atoms with E-state index in [1.807, 2.05) is 60.7 Å². The Morgan fingerprint density at radius 3 is 2.00 bits per heavy atom. The molecule has 0 spiro atoms. The van der Waals surface area contributed by atoms with Crippen molar-refractivity contribution in [3.8, 4) is 0 Å². The smallest absolute Gasteiger partial charge is 0.269 e. The Morgan fingerprint density at radius 2 is 1.45 bits per heavy atom. The minimum absolute atomic E-state index is 0.700. The first-order valence-corrected chi connectivity index (χ1v) is 7.15. The van der Waals surface area contributed by atoms with Crippen molar-refractivity contribution in [2.24, 2.45) is 4.99 Å². The lowest BCUT2D eigenvalue weighted by molar-refractivity contribution is -0.299. The largest absolute Gasteiger partial charge is 0.344 e. The number of ether oxygens (including phenoxy) is 3. The molecule has 1 aliphatic rings. The minimum atomic E-state index is -1.09. The number of nitrogens with zero attached hydrogens (tertiary/aromatic N) is 1. The molecule has 22 heavy (non-hydrogen) atoms. The monoisotopic (exact) mass is 297 g/mol. The van der Waals surface area contributed by atoms with E-state index in [9.17, 15) is 0 Å². The summed E-state index contributed by atoms with van der Waals surface area (Å²) >= 11 is 0. The molecule has 2 aromatic rings. The fourth-order valence-electron chi connectivity index (χ4n) is 2.66. The van der Waals surface area contributed by atoms with Crippen LogP contribution in [0.4, 0.5) is 0 Å². The molecule has 0 bridgehead atoms. The van der Waals surface area contributed by atoms with Gasteiger partial charge in [-0.3, -0.25) is 4.74 Å². The van der Waals surface area contributed by atoms with Crippen LogP contribution in [0.2, 0.25) is 0 Å². The summed E-state index contributed by atoms with van der Waals surface area (Å²) in [5.74, 6) is -2.18. The standard InChI is InChI=1S/C18H19NO3/c1-17(20-2)19-16(14-10-6-4-7-11-14)18(21-3,22-17)15-12-8-5-9-13-15/h4-13H,1-3H3/t17-,18-/m0/s1. The fraction of sp³-hybridized carbons (Fsp3) is 0.278. The molecule has 0 aromatic heterocycles. The first kappa shape index (κ1) is 14.9. The highest BCUT2D eigenvalue weighted by molar-refractivity contribution is 6.07. The van der Waals surface area contributed by atoms with Crippen molar-refractivity contribution in [1.29, 1.82) is 0 Å². The average molecular weight is 297 g/mol. The van der Waals surface area contributed by atoms with Crippen LogP contribution in [0.5, 0.6) is 0 Å². The predicted octanol–water partition coefficient (Wildman–Crippen LogP) is 3.33. The van der Waals surface area contributed by atoms with Crippen LogP contribution in [0.1, 0.15) is 18.1 Å². The fourth-order valence-corrected chi connectivity index (χ4v) is 2.66. The Bertz CT molecular complexity index is 671. The molecule has 2 aromatic carbocycles. The van der Waals surface area contributed by atoms with E-state index in [-0.39, 0.29) is 0 Å². The van der Waals surface area contributed by atoms with Gasteiger partial charge in [-0.05, 0) is 0 Å². The average Bonchev–Trinajstić information content (AvgIpc) is 2.91. The van der Waals surface area contributed by atoms with Crippen molar-refractivity contribution < 1.29 is 14.2 Å². The number of rotatable bonds is 4. The molecule has 0 N–H and O–H groups in total. The maximum Gasteiger partial charge on any atom is 0.269 e. The summed E-state index contributed by atoms with van der Waals surface area (Å²) < 4.78 is 17.4. The Kier molecular flexibility index (Phi) is 3.83. The molecule has 1 heterocycles. The van der Waals surface area contributed by atoms with Crippen LogP contribution in [0.3, 0.4) is 0 Å². The van der Waals surface area contributed by atoms with E-state index in [1.54, 1.807) is 21.1 Å². The van der Waals surface area contributed by atoms with Crippen molar-refractivity contribution in [1.82, 2.24) is 0 Å². The third-order valence-corrected chi connectivity index (χ3v) is 3.83. The lowest BCUT2D eigenvalue weighted by Gasteiger charge is -2.31. The van der Waals surface area contributed by atoms with Crippen molar-refractivity contribution >= 4 is 5.71 Å². The molecule has 3 rings (SSSR count). The Hall–Kier alpha value is -2.01. The van der Waals surface area contributed by atoms with Crippen LogP contribution >= 0.6 is 0 Å². The second kappa shape index (κ2) is 5.65. The SMILES string of the molecule is CO[C@]1(C)N=C(c2ccccc2)[C@](OC)(c2ccccc2)O1. The third kappa shape index (κ3) is 2.35. The van der Waals surface area contributed by atoms with Gasteiger partial charge in [0.15, 0.2) is 0 Å².